The standard InChI is InChI=1S/C19H20ClF2N5O4/c20-15-13(22)14-12-16(26(8-11(28)29)4-5-30-17(12)24-15)25-18(23-14)31-9-19-2-1-3-27(19)7-10(21)6-19/h10H,1-9H2,(H,28,29)/t10-,19+/m1/s1. The summed E-state index contributed by atoms with van der Waals surface area (Å²) in [6, 6.07) is -0.129. The third kappa shape index (κ3) is 3.49. The van der Waals surface area contributed by atoms with E-state index in [9.17, 15) is 18.7 Å². The van der Waals surface area contributed by atoms with Crippen LogP contribution in [0.15, 0.2) is 0 Å². The number of halogens is 3. The van der Waals surface area contributed by atoms with Crippen LogP contribution in [0.2, 0.25) is 5.15 Å². The Morgan fingerprint density at radius 3 is 3.00 bits per heavy atom. The Bertz CT molecular complexity index is 1060. The van der Waals surface area contributed by atoms with Gasteiger partial charge in [-0.15, -0.1) is 0 Å². The Balaban J connectivity index is 1.55. The van der Waals surface area contributed by atoms with Gasteiger partial charge in [-0.25, -0.2) is 8.78 Å². The maximum Gasteiger partial charge on any atom is 0.323 e. The molecular weight excluding hydrogens is 436 g/mol. The second-order valence-corrected chi connectivity index (χ2v) is 8.46. The molecule has 2 fully saturated rings. The molecule has 5 heterocycles. The average molecular weight is 456 g/mol. The molecule has 1 N–H and O–H groups in total. The fraction of sp³-hybridized carbons (Fsp3) is 0.579. The van der Waals surface area contributed by atoms with Crippen LogP contribution in [0.25, 0.3) is 10.9 Å². The Labute approximate surface area is 180 Å². The number of carbonyl (C=O) groups is 1. The quantitative estimate of drug-likeness (QED) is 0.679. The van der Waals surface area contributed by atoms with Crippen LogP contribution in [0, 0.1) is 5.82 Å². The van der Waals surface area contributed by atoms with Crippen LogP contribution in [0.4, 0.5) is 14.6 Å². The molecule has 9 nitrogen and oxygen atoms in total. The lowest BCUT2D eigenvalue weighted by molar-refractivity contribution is -0.135. The molecule has 12 heteroatoms. The first-order valence-corrected chi connectivity index (χ1v) is 10.4. The monoisotopic (exact) mass is 455 g/mol. The van der Waals surface area contributed by atoms with Gasteiger partial charge in [0.15, 0.2) is 11.0 Å². The van der Waals surface area contributed by atoms with Crippen molar-refractivity contribution in [1.29, 1.82) is 0 Å². The summed E-state index contributed by atoms with van der Waals surface area (Å²) < 4.78 is 40.3. The minimum absolute atomic E-state index is 0.0347. The van der Waals surface area contributed by atoms with Crippen LogP contribution < -0.4 is 14.4 Å². The maximum atomic E-state index is 14.8. The molecule has 0 aliphatic carbocycles. The van der Waals surface area contributed by atoms with Gasteiger partial charge in [-0.3, -0.25) is 9.69 Å². The van der Waals surface area contributed by atoms with Gasteiger partial charge in [0.1, 0.15) is 42.7 Å². The number of fused-ring (bicyclic) bond motifs is 1. The van der Waals surface area contributed by atoms with Crippen molar-refractivity contribution in [3.8, 4) is 11.9 Å². The second kappa shape index (κ2) is 7.56. The van der Waals surface area contributed by atoms with Gasteiger partial charge < -0.3 is 19.5 Å². The number of pyridine rings is 1. The number of ether oxygens (including phenoxy) is 2. The van der Waals surface area contributed by atoms with E-state index >= 15 is 0 Å². The highest BCUT2D eigenvalue weighted by Crippen LogP contribution is 2.41. The highest BCUT2D eigenvalue weighted by atomic mass is 35.5. The van der Waals surface area contributed by atoms with Crippen molar-refractivity contribution in [2.45, 2.75) is 31.0 Å². The minimum Gasteiger partial charge on any atom is -0.480 e. The van der Waals surface area contributed by atoms with Gasteiger partial charge in [0.25, 0.3) is 0 Å². The van der Waals surface area contributed by atoms with E-state index in [0.29, 0.717) is 13.0 Å². The third-order valence-corrected chi connectivity index (χ3v) is 6.38. The molecule has 31 heavy (non-hydrogen) atoms. The fourth-order valence-electron chi connectivity index (χ4n) is 4.80. The number of hydrogen-bond donors (Lipinski definition) is 1. The van der Waals surface area contributed by atoms with Crippen molar-refractivity contribution < 1.29 is 28.2 Å². The van der Waals surface area contributed by atoms with E-state index in [1.165, 1.54) is 4.90 Å². The Morgan fingerprint density at radius 1 is 1.35 bits per heavy atom. The average Bonchev–Trinajstić information content (AvgIpc) is 3.18. The number of anilines is 1. The molecule has 0 bridgehead atoms. The minimum atomic E-state index is -1.08. The number of rotatable bonds is 5. The number of aliphatic carboxylic acids is 1. The zero-order chi connectivity index (χ0) is 21.8. The normalized spacial score (nSPS) is 25.4. The van der Waals surface area contributed by atoms with Crippen LogP contribution in [0.1, 0.15) is 19.3 Å². The molecule has 0 radical (unpaired) electrons. The lowest BCUT2D eigenvalue weighted by Crippen LogP contribution is -2.43. The number of carboxylic acids is 1. The number of aromatic nitrogens is 3. The highest BCUT2D eigenvalue weighted by molar-refractivity contribution is 6.30. The van der Waals surface area contributed by atoms with Gasteiger partial charge in [-0.05, 0) is 19.4 Å². The van der Waals surface area contributed by atoms with Crippen LogP contribution in [0.5, 0.6) is 11.9 Å². The maximum absolute atomic E-state index is 14.8. The number of hydrogen-bond acceptors (Lipinski definition) is 8. The third-order valence-electron chi connectivity index (χ3n) is 6.13. The molecule has 2 saturated heterocycles. The van der Waals surface area contributed by atoms with Crippen LogP contribution >= 0.6 is 11.6 Å². The van der Waals surface area contributed by atoms with E-state index in [4.69, 9.17) is 21.1 Å². The summed E-state index contributed by atoms with van der Waals surface area (Å²) in [7, 11) is 0. The molecule has 3 aliphatic heterocycles. The molecule has 5 rings (SSSR count). The number of nitrogens with zero attached hydrogens (tertiary/aromatic N) is 5. The lowest BCUT2D eigenvalue weighted by Gasteiger charge is -2.31. The van der Waals surface area contributed by atoms with Gasteiger partial charge in [0, 0.05) is 13.0 Å². The van der Waals surface area contributed by atoms with E-state index in [-0.39, 0.29) is 54.9 Å². The Kier molecular flexibility index (Phi) is 4.97. The smallest absolute Gasteiger partial charge is 0.323 e. The molecule has 0 spiro atoms. The number of alkyl halides is 1. The topological polar surface area (TPSA) is 101 Å². The van der Waals surface area contributed by atoms with E-state index in [2.05, 4.69) is 19.9 Å². The van der Waals surface area contributed by atoms with E-state index in [1.54, 1.807) is 0 Å². The van der Waals surface area contributed by atoms with Crippen molar-refractivity contribution in [1.82, 2.24) is 19.9 Å². The predicted octanol–water partition coefficient (Wildman–Crippen LogP) is 2.06. The second-order valence-electron chi connectivity index (χ2n) is 8.10. The van der Waals surface area contributed by atoms with Crippen LogP contribution in [-0.2, 0) is 4.79 Å². The van der Waals surface area contributed by atoms with E-state index in [0.717, 1.165) is 19.4 Å². The molecule has 2 aromatic heterocycles. The van der Waals surface area contributed by atoms with Crippen molar-refractivity contribution in [3.63, 3.8) is 0 Å². The van der Waals surface area contributed by atoms with Gasteiger partial charge in [-0.1, -0.05) is 11.6 Å². The Hall–Kier alpha value is -2.53. The first-order valence-electron chi connectivity index (χ1n) is 10.0. The summed E-state index contributed by atoms with van der Waals surface area (Å²) in [6.45, 7) is 1.25. The molecule has 0 unspecified atom stereocenters. The van der Waals surface area contributed by atoms with Gasteiger partial charge in [0.05, 0.1) is 12.1 Å². The fourth-order valence-corrected chi connectivity index (χ4v) is 4.96. The van der Waals surface area contributed by atoms with Gasteiger partial charge in [0.2, 0.25) is 5.88 Å². The molecule has 2 aromatic rings. The van der Waals surface area contributed by atoms with Crippen LogP contribution in [0.3, 0.4) is 0 Å². The Morgan fingerprint density at radius 2 is 2.19 bits per heavy atom. The zero-order valence-corrected chi connectivity index (χ0v) is 17.2. The molecule has 166 valence electrons. The van der Waals surface area contributed by atoms with Gasteiger partial charge >= 0.3 is 12.0 Å². The van der Waals surface area contributed by atoms with Crippen LogP contribution in [-0.4, -0.2) is 82.0 Å². The molecule has 0 amide bonds. The van der Waals surface area contributed by atoms with E-state index in [1.807, 2.05) is 0 Å². The van der Waals surface area contributed by atoms with Crippen molar-refractivity contribution in [2.75, 3.05) is 44.3 Å². The van der Waals surface area contributed by atoms with Gasteiger partial charge in [-0.2, -0.15) is 15.0 Å². The van der Waals surface area contributed by atoms with Crippen molar-refractivity contribution >= 4 is 34.3 Å². The molecule has 0 saturated carbocycles. The first kappa shape index (κ1) is 20.4. The SMILES string of the molecule is O=C(O)CN1CCOc2nc(Cl)c(F)c3nc(OC[C@@]45CCCN4C[C@H](F)C5)nc1c23. The number of carboxylic acid groups (broad SMARTS) is 1. The largest absolute Gasteiger partial charge is 0.480 e. The zero-order valence-electron chi connectivity index (χ0n) is 16.5. The molecular formula is C19H20ClF2N5O4. The summed E-state index contributed by atoms with van der Waals surface area (Å²) in [6.07, 6.45) is 1.18. The predicted molar refractivity (Wildman–Crippen MR) is 106 cm³/mol. The molecule has 3 aliphatic rings. The molecule has 0 aromatic carbocycles. The summed E-state index contributed by atoms with van der Waals surface area (Å²) >= 11 is 5.92. The van der Waals surface area contributed by atoms with Crippen molar-refractivity contribution in [2.24, 2.45) is 0 Å². The lowest BCUT2D eigenvalue weighted by atomic mass is 9.95. The summed E-state index contributed by atoms with van der Waals surface area (Å²) in [5.41, 5.74) is -0.599. The summed E-state index contributed by atoms with van der Waals surface area (Å²) in [5, 5.41) is 9.02. The first-order chi connectivity index (χ1) is 14.9. The van der Waals surface area contributed by atoms with Crippen molar-refractivity contribution in [3.05, 3.63) is 11.0 Å². The summed E-state index contributed by atoms with van der Waals surface area (Å²) in [4.78, 5) is 27.4. The summed E-state index contributed by atoms with van der Waals surface area (Å²) in [5.74, 6) is -1.78. The highest BCUT2D eigenvalue weighted by Gasteiger charge is 2.49. The van der Waals surface area contributed by atoms with E-state index < -0.39 is 28.7 Å². The molecule has 2 atom stereocenters.